The number of carbonyl (C=O) groups is 2. The summed E-state index contributed by atoms with van der Waals surface area (Å²) in [7, 11) is 0. The number of amides is 1. The molecule has 7 heteroatoms. The van der Waals surface area contributed by atoms with Gasteiger partial charge in [0.05, 0.1) is 0 Å². The predicted octanol–water partition coefficient (Wildman–Crippen LogP) is 3.07. The minimum atomic E-state index is -0.143. The first kappa shape index (κ1) is 16.3. The van der Waals surface area contributed by atoms with Crippen LogP contribution in [0, 0.1) is 0 Å². The third-order valence-corrected chi connectivity index (χ3v) is 7.21. The lowest BCUT2D eigenvalue weighted by atomic mass is 10.3. The largest absolute Gasteiger partial charge is 0.352 e. The van der Waals surface area contributed by atoms with Crippen LogP contribution >= 0.6 is 47.0 Å². The summed E-state index contributed by atoms with van der Waals surface area (Å²) in [5, 5.41) is 4.30. The van der Waals surface area contributed by atoms with Crippen molar-refractivity contribution in [2.45, 2.75) is 12.2 Å². The molecule has 1 heterocycles. The van der Waals surface area contributed by atoms with Crippen LogP contribution in [0.4, 0.5) is 4.79 Å². The zero-order chi connectivity index (χ0) is 13.4. The van der Waals surface area contributed by atoms with Crippen molar-refractivity contribution in [1.82, 2.24) is 5.32 Å². The molecule has 18 heavy (non-hydrogen) atoms. The van der Waals surface area contributed by atoms with Crippen molar-refractivity contribution in [1.29, 1.82) is 0 Å². The van der Waals surface area contributed by atoms with Gasteiger partial charge >= 0.3 is 0 Å². The molecule has 0 aromatic rings. The molecular formula is C11H17NO2S4. The van der Waals surface area contributed by atoms with Crippen LogP contribution in [0.15, 0.2) is 12.2 Å². The van der Waals surface area contributed by atoms with Gasteiger partial charge < -0.3 is 5.32 Å². The van der Waals surface area contributed by atoms with E-state index in [4.69, 9.17) is 0 Å². The van der Waals surface area contributed by atoms with Crippen LogP contribution in [0.5, 0.6) is 0 Å². The molecule has 1 N–H and O–H groups in total. The summed E-state index contributed by atoms with van der Waals surface area (Å²) in [4.78, 5) is 22.9. The molecule has 0 aromatic heterocycles. The first-order valence-corrected chi connectivity index (χ1v) is 9.69. The highest BCUT2D eigenvalue weighted by Gasteiger charge is 2.18. The lowest BCUT2D eigenvalue weighted by Crippen LogP contribution is -2.26. The van der Waals surface area contributed by atoms with Crippen molar-refractivity contribution >= 4 is 57.4 Å². The summed E-state index contributed by atoms with van der Waals surface area (Å²) in [6, 6.07) is 0. The third-order valence-electron chi connectivity index (χ3n) is 2.03. The van der Waals surface area contributed by atoms with E-state index in [9.17, 15) is 9.59 Å². The van der Waals surface area contributed by atoms with Gasteiger partial charge in [-0.3, -0.25) is 9.59 Å². The van der Waals surface area contributed by atoms with Gasteiger partial charge in [-0.2, -0.15) is 0 Å². The fourth-order valence-electron chi connectivity index (χ4n) is 1.15. The van der Waals surface area contributed by atoms with Crippen molar-refractivity contribution in [3.8, 4) is 0 Å². The molecule has 0 aromatic carbocycles. The van der Waals surface area contributed by atoms with Gasteiger partial charge in [-0.1, -0.05) is 30.1 Å². The lowest BCUT2D eigenvalue weighted by molar-refractivity contribution is -0.117. The molecule has 1 fully saturated rings. The second-order valence-corrected chi connectivity index (χ2v) is 8.76. The maximum Gasteiger partial charge on any atom is 0.246 e. The van der Waals surface area contributed by atoms with Crippen molar-refractivity contribution in [2.24, 2.45) is 0 Å². The van der Waals surface area contributed by atoms with Crippen LogP contribution in [-0.4, -0.2) is 44.5 Å². The minimum absolute atomic E-state index is 0.143. The maximum absolute atomic E-state index is 11.7. The maximum atomic E-state index is 11.7. The Morgan fingerprint density at radius 1 is 1.39 bits per heavy atom. The highest BCUT2D eigenvalue weighted by atomic mass is 32.2. The Morgan fingerprint density at radius 3 is 2.67 bits per heavy atom. The molecule has 1 aliphatic rings. The monoisotopic (exact) mass is 323 g/mol. The molecule has 0 saturated carbocycles. The van der Waals surface area contributed by atoms with Gasteiger partial charge in [-0.15, -0.1) is 23.5 Å². The summed E-state index contributed by atoms with van der Waals surface area (Å²) in [5.74, 6) is 2.61. The van der Waals surface area contributed by atoms with E-state index in [1.165, 1.54) is 23.5 Å². The number of hydrogen-bond donors (Lipinski definition) is 1. The third kappa shape index (κ3) is 7.01. The summed E-state index contributed by atoms with van der Waals surface area (Å²) in [6.45, 7) is 5.73. The second-order valence-electron chi connectivity index (χ2n) is 3.73. The minimum Gasteiger partial charge on any atom is -0.352 e. The number of rotatable bonds is 5. The molecule has 1 rings (SSSR count). The Balaban J connectivity index is 2.06. The summed E-state index contributed by atoms with van der Waals surface area (Å²) >= 11 is 6.51. The van der Waals surface area contributed by atoms with Crippen LogP contribution in [0.3, 0.4) is 0 Å². The number of thioether (sulfide) groups is 4. The van der Waals surface area contributed by atoms with Crippen LogP contribution in [-0.2, 0) is 4.79 Å². The first-order chi connectivity index (χ1) is 8.59. The van der Waals surface area contributed by atoms with E-state index in [1.54, 1.807) is 6.92 Å². The zero-order valence-electron chi connectivity index (χ0n) is 10.3. The van der Waals surface area contributed by atoms with Crippen LogP contribution in [0.25, 0.3) is 0 Å². The van der Waals surface area contributed by atoms with Crippen LogP contribution < -0.4 is 5.32 Å². The SMILES string of the molecule is C=C(C)C(=O)NCCSC(=O)SC1CSCSC1. The van der Waals surface area contributed by atoms with E-state index in [2.05, 4.69) is 11.9 Å². The van der Waals surface area contributed by atoms with Gasteiger partial charge in [0.2, 0.25) is 10.4 Å². The topological polar surface area (TPSA) is 46.2 Å². The first-order valence-electron chi connectivity index (χ1n) is 5.52. The highest BCUT2D eigenvalue weighted by Crippen LogP contribution is 2.31. The van der Waals surface area contributed by atoms with Crippen molar-refractivity contribution in [2.75, 3.05) is 28.9 Å². The van der Waals surface area contributed by atoms with Crippen molar-refractivity contribution in [3.05, 3.63) is 12.2 Å². The molecule has 102 valence electrons. The van der Waals surface area contributed by atoms with E-state index in [-0.39, 0.29) is 10.4 Å². The van der Waals surface area contributed by atoms with Gasteiger partial charge in [0.1, 0.15) is 0 Å². The fraction of sp³-hybridized carbons (Fsp3) is 0.636. The van der Waals surface area contributed by atoms with Crippen molar-refractivity contribution < 1.29 is 9.59 Å². The van der Waals surface area contributed by atoms with Gasteiger partial charge in [0, 0.05) is 39.7 Å². The molecule has 0 unspecified atom stereocenters. The van der Waals surface area contributed by atoms with E-state index in [1.807, 2.05) is 23.5 Å². The van der Waals surface area contributed by atoms with Gasteiger partial charge in [-0.25, -0.2) is 0 Å². The van der Waals surface area contributed by atoms with Crippen LogP contribution in [0.1, 0.15) is 6.92 Å². The summed E-state index contributed by atoms with van der Waals surface area (Å²) in [5.41, 5.74) is 0.497. The van der Waals surface area contributed by atoms with E-state index in [0.717, 1.165) is 16.6 Å². The number of hydrogen-bond acceptors (Lipinski definition) is 6. The van der Waals surface area contributed by atoms with E-state index in [0.29, 0.717) is 23.1 Å². The Labute approximate surface area is 125 Å². The van der Waals surface area contributed by atoms with E-state index < -0.39 is 0 Å². The number of carbonyl (C=O) groups excluding carboxylic acids is 2. The molecule has 0 atom stereocenters. The van der Waals surface area contributed by atoms with E-state index >= 15 is 0 Å². The van der Waals surface area contributed by atoms with Crippen molar-refractivity contribution in [3.63, 3.8) is 0 Å². The molecule has 1 aliphatic heterocycles. The Bertz CT molecular complexity index is 316. The molecule has 0 aliphatic carbocycles. The average Bonchev–Trinajstić information content (AvgIpc) is 2.35. The average molecular weight is 324 g/mol. The zero-order valence-corrected chi connectivity index (χ0v) is 13.5. The van der Waals surface area contributed by atoms with Gasteiger partial charge in [0.25, 0.3) is 0 Å². The molecule has 0 bridgehead atoms. The Hall–Kier alpha value is 0.280. The molecule has 3 nitrogen and oxygen atoms in total. The second kappa shape index (κ2) is 9.23. The molecule has 1 saturated heterocycles. The highest BCUT2D eigenvalue weighted by molar-refractivity contribution is 8.39. The lowest BCUT2D eigenvalue weighted by Gasteiger charge is -2.19. The Morgan fingerprint density at radius 2 is 2.06 bits per heavy atom. The fourth-order valence-corrected chi connectivity index (χ4v) is 6.00. The number of nitrogens with one attached hydrogen (secondary N) is 1. The predicted molar refractivity (Wildman–Crippen MR) is 86.8 cm³/mol. The summed E-state index contributed by atoms with van der Waals surface area (Å²) in [6.07, 6.45) is 0. The van der Waals surface area contributed by atoms with Gasteiger partial charge in [-0.05, 0) is 6.92 Å². The normalized spacial score (nSPS) is 16.3. The van der Waals surface area contributed by atoms with Crippen LogP contribution in [0.2, 0.25) is 0 Å². The Kier molecular flexibility index (Phi) is 8.37. The standard InChI is InChI=1S/C11H17NO2S4/c1-8(2)10(13)12-3-4-17-11(14)18-9-5-15-7-16-6-9/h9H,1,3-7H2,2H3,(H,12,13). The molecule has 0 radical (unpaired) electrons. The van der Waals surface area contributed by atoms with Gasteiger partial charge in [0.15, 0.2) is 0 Å². The molecule has 1 amide bonds. The molecule has 0 spiro atoms. The molecular weight excluding hydrogens is 306 g/mol. The summed E-state index contributed by atoms with van der Waals surface area (Å²) < 4.78 is 0.160. The quantitative estimate of drug-likeness (QED) is 0.620. The smallest absolute Gasteiger partial charge is 0.246 e.